The molecule has 1 aromatic carbocycles. The predicted octanol–water partition coefficient (Wildman–Crippen LogP) is 2.41. The summed E-state index contributed by atoms with van der Waals surface area (Å²) in [6.07, 6.45) is -0.269. The molecular weight excluding hydrogens is 336 g/mol. The monoisotopic (exact) mass is 354 g/mol. The van der Waals surface area contributed by atoms with Gasteiger partial charge in [0.15, 0.2) is 5.78 Å². The van der Waals surface area contributed by atoms with Crippen molar-refractivity contribution >= 4 is 27.8 Å². The van der Waals surface area contributed by atoms with E-state index in [1.54, 1.807) is 11.8 Å². The predicted molar refractivity (Wildman–Crippen MR) is 83.5 cm³/mol. The quantitative estimate of drug-likeness (QED) is 0.779. The lowest BCUT2D eigenvalue weighted by atomic mass is 10.1. The summed E-state index contributed by atoms with van der Waals surface area (Å²) in [5.74, 6) is 0.0899. The van der Waals surface area contributed by atoms with Crippen LogP contribution in [0.3, 0.4) is 0 Å². The van der Waals surface area contributed by atoms with Gasteiger partial charge in [0, 0.05) is 36.2 Å². The molecule has 1 aromatic rings. The summed E-state index contributed by atoms with van der Waals surface area (Å²) in [6.45, 7) is 5.14. The standard InChI is InChI=1S/C15H19BrN2O3/c1-2-21-15(20)18-9-7-17(8-10-18)11-14(19)12-5-3-4-6-13(12)16/h3-6H,2,7-11H2,1H3. The molecule has 5 nitrogen and oxygen atoms in total. The fourth-order valence-electron chi connectivity index (χ4n) is 2.28. The summed E-state index contributed by atoms with van der Waals surface area (Å²) in [4.78, 5) is 27.6. The van der Waals surface area contributed by atoms with Gasteiger partial charge in [-0.25, -0.2) is 4.79 Å². The first-order valence-electron chi connectivity index (χ1n) is 7.03. The number of halogens is 1. The summed E-state index contributed by atoms with van der Waals surface area (Å²) in [7, 11) is 0. The molecule has 114 valence electrons. The number of ketones is 1. The molecule has 2 rings (SSSR count). The highest BCUT2D eigenvalue weighted by Crippen LogP contribution is 2.17. The number of carbonyl (C=O) groups is 2. The molecule has 1 aliphatic heterocycles. The van der Waals surface area contributed by atoms with Crippen molar-refractivity contribution < 1.29 is 14.3 Å². The lowest BCUT2D eigenvalue weighted by Crippen LogP contribution is -2.50. The van der Waals surface area contributed by atoms with Crippen molar-refractivity contribution in [2.24, 2.45) is 0 Å². The van der Waals surface area contributed by atoms with E-state index in [1.165, 1.54) is 0 Å². The van der Waals surface area contributed by atoms with Crippen LogP contribution >= 0.6 is 15.9 Å². The van der Waals surface area contributed by atoms with E-state index >= 15 is 0 Å². The highest BCUT2D eigenvalue weighted by molar-refractivity contribution is 9.10. The third-order valence-electron chi connectivity index (χ3n) is 3.44. The van der Waals surface area contributed by atoms with E-state index in [2.05, 4.69) is 20.8 Å². The zero-order chi connectivity index (χ0) is 15.2. The van der Waals surface area contributed by atoms with Crippen LogP contribution in [0.15, 0.2) is 28.7 Å². The number of benzene rings is 1. The second-order valence-electron chi connectivity index (χ2n) is 4.87. The van der Waals surface area contributed by atoms with Gasteiger partial charge in [0.25, 0.3) is 0 Å². The van der Waals surface area contributed by atoms with Crippen LogP contribution in [0, 0.1) is 0 Å². The van der Waals surface area contributed by atoms with Crippen LogP contribution in [-0.2, 0) is 4.74 Å². The van der Waals surface area contributed by atoms with E-state index in [9.17, 15) is 9.59 Å². The maximum absolute atomic E-state index is 12.3. The molecule has 1 aliphatic rings. The second-order valence-corrected chi connectivity index (χ2v) is 5.72. The van der Waals surface area contributed by atoms with Crippen LogP contribution in [0.2, 0.25) is 0 Å². The van der Waals surface area contributed by atoms with E-state index in [0.717, 1.165) is 4.47 Å². The van der Waals surface area contributed by atoms with Crippen LogP contribution in [-0.4, -0.2) is 61.0 Å². The van der Waals surface area contributed by atoms with E-state index in [0.29, 0.717) is 44.9 Å². The lowest BCUT2D eigenvalue weighted by molar-refractivity contribution is 0.0733. The zero-order valence-electron chi connectivity index (χ0n) is 12.0. The number of nitrogens with zero attached hydrogens (tertiary/aromatic N) is 2. The van der Waals surface area contributed by atoms with Crippen LogP contribution in [0.4, 0.5) is 4.79 Å². The summed E-state index contributed by atoms with van der Waals surface area (Å²) in [5, 5.41) is 0. The maximum Gasteiger partial charge on any atom is 0.409 e. The number of hydrogen-bond acceptors (Lipinski definition) is 4. The van der Waals surface area contributed by atoms with Crippen LogP contribution in [0.5, 0.6) is 0 Å². The Morgan fingerprint density at radius 3 is 2.48 bits per heavy atom. The van der Waals surface area contributed by atoms with Crippen molar-refractivity contribution in [3.05, 3.63) is 34.3 Å². The topological polar surface area (TPSA) is 49.9 Å². The summed E-state index contributed by atoms with van der Waals surface area (Å²) in [6, 6.07) is 7.43. The Hall–Kier alpha value is -1.40. The van der Waals surface area contributed by atoms with Crippen LogP contribution in [0.25, 0.3) is 0 Å². The number of Topliss-reactive ketones (excluding diaryl/α,β-unsaturated/α-hetero) is 1. The first kappa shape index (κ1) is 16.0. The van der Waals surface area contributed by atoms with Crippen LogP contribution < -0.4 is 0 Å². The molecule has 0 spiro atoms. The first-order valence-corrected chi connectivity index (χ1v) is 7.83. The zero-order valence-corrected chi connectivity index (χ0v) is 13.6. The summed E-state index contributed by atoms with van der Waals surface area (Å²) >= 11 is 3.40. The van der Waals surface area contributed by atoms with Crippen molar-refractivity contribution in [1.82, 2.24) is 9.80 Å². The van der Waals surface area contributed by atoms with Crippen molar-refractivity contribution in [2.75, 3.05) is 39.3 Å². The van der Waals surface area contributed by atoms with Gasteiger partial charge in [0.05, 0.1) is 13.2 Å². The Balaban J connectivity index is 1.85. The fourth-order valence-corrected chi connectivity index (χ4v) is 2.78. The largest absolute Gasteiger partial charge is 0.450 e. The number of hydrogen-bond donors (Lipinski definition) is 0. The molecule has 21 heavy (non-hydrogen) atoms. The Labute approximate surface area is 133 Å². The van der Waals surface area contributed by atoms with Crippen molar-refractivity contribution in [2.45, 2.75) is 6.92 Å². The molecule has 0 unspecified atom stereocenters. The van der Waals surface area contributed by atoms with Gasteiger partial charge in [-0.05, 0) is 13.0 Å². The smallest absolute Gasteiger partial charge is 0.409 e. The highest BCUT2D eigenvalue weighted by atomic mass is 79.9. The van der Waals surface area contributed by atoms with Gasteiger partial charge in [0.1, 0.15) is 0 Å². The van der Waals surface area contributed by atoms with Gasteiger partial charge in [0.2, 0.25) is 0 Å². The van der Waals surface area contributed by atoms with Crippen molar-refractivity contribution in [3.63, 3.8) is 0 Å². The van der Waals surface area contributed by atoms with E-state index in [-0.39, 0.29) is 11.9 Å². The minimum Gasteiger partial charge on any atom is -0.450 e. The minimum atomic E-state index is -0.269. The first-order chi connectivity index (χ1) is 10.1. The van der Waals surface area contributed by atoms with Crippen molar-refractivity contribution in [3.8, 4) is 0 Å². The molecule has 1 fully saturated rings. The SMILES string of the molecule is CCOC(=O)N1CCN(CC(=O)c2ccccc2Br)CC1. The fraction of sp³-hybridized carbons (Fsp3) is 0.467. The molecule has 0 radical (unpaired) electrons. The van der Waals surface area contributed by atoms with Gasteiger partial charge < -0.3 is 9.64 Å². The lowest BCUT2D eigenvalue weighted by Gasteiger charge is -2.33. The summed E-state index contributed by atoms with van der Waals surface area (Å²) in [5.41, 5.74) is 0.699. The molecule has 0 saturated carbocycles. The Kier molecular flexibility index (Phi) is 5.76. The highest BCUT2D eigenvalue weighted by Gasteiger charge is 2.23. The molecule has 1 amide bonds. The van der Waals surface area contributed by atoms with E-state index in [4.69, 9.17) is 4.74 Å². The number of piperazine rings is 1. The molecule has 0 N–H and O–H groups in total. The molecule has 1 saturated heterocycles. The third-order valence-corrected chi connectivity index (χ3v) is 4.13. The normalized spacial score (nSPS) is 15.8. The van der Waals surface area contributed by atoms with Gasteiger partial charge in [-0.3, -0.25) is 9.69 Å². The van der Waals surface area contributed by atoms with Gasteiger partial charge in [-0.1, -0.05) is 34.1 Å². The number of ether oxygens (including phenoxy) is 1. The molecule has 0 bridgehead atoms. The van der Waals surface area contributed by atoms with E-state index in [1.807, 2.05) is 24.3 Å². The molecule has 0 aromatic heterocycles. The number of carbonyl (C=O) groups excluding carboxylic acids is 2. The number of amides is 1. The summed E-state index contributed by atoms with van der Waals surface area (Å²) < 4.78 is 5.80. The average Bonchev–Trinajstić information content (AvgIpc) is 2.48. The van der Waals surface area contributed by atoms with Crippen molar-refractivity contribution in [1.29, 1.82) is 0 Å². The molecule has 0 atom stereocenters. The molecular formula is C15H19BrN2O3. The minimum absolute atomic E-state index is 0.0899. The third kappa shape index (κ3) is 4.28. The van der Waals surface area contributed by atoms with Crippen LogP contribution in [0.1, 0.15) is 17.3 Å². The molecule has 0 aliphatic carbocycles. The Bertz CT molecular complexity index is 513. The average molecular weight is 355 g/mol. The van der Waals surface area contributed by atoms with Gasteiger partial charge >= 0.3 is 6.09 Å². The van der Waals surface area contributed by atoms with Gasteiger partial charge in [-0.2, -0.15) is 0 Å². The molecule has 6 heteroatoms. The molecule has 1 heterocycles. The maximum atomic E-state index is 12.3. The Morgan fingerprint density at radius 1 is 1.19 bits per heavy atom. The van der Waals surface area contributed by atoms with E-state index < -0.39 is 0 Å². The second kappa shape index (κ2) is 7.56. The number of rotatable bonds is 4. The Morgan fingerprint density at radius 2 is 1.86 bits per heavy atom. The van der Waals surface area contributed by atoms with Gasteiger partial charge in [-0.15, -0.1) is 0 Å².